The molecule has 128 valence electrons. The van der Waals surface area contributed by atoms with Gasteiger partial charge in [0.05, 0.1) is 31.6 Å². The second-order valence-corrected chi connectivity index (χ2v) is 7.78. The number of hydrogen-bond acceptors (Lipinski definition) is 5. The second-order valence-electron chi connectivity index (χ2n) is 6.44. The van der Waals surface area contributed by atoms with Crippen LogP contribution in [-0.2, 0) is 16.7 Å². The highest BCUT2D eigenvalue weighted by molar-refractivity contribution is 7.85. The fraction of sp³-hybridized carbons (Fsp3) is 0.235. The fourth-order valence-electron chi connectivity index (χ4n) is 2.19. The highest BCUT2D eigenvalue weighted by Gasteiger charge is 2.15. The van der Waals surface area contributed by atoms with E-state index in [-0.39, 0.29) is 11.3 Å². The first-order chi connectivity index (χ1) is 11.1. The van der Waals surface area contributed by atoms with Gasteiger partial charge in [-0.25, -0.2) is 13.2 Å². The third kappa shape index (κ3) is 4.89. The maximum Gasteiger partial charge on any atom is 0.343 e. The van der Waals surface area contributed by atoms with E-state index in [1.54, 1.807) is 12.1 Å². The van der Waals surface area contributed by atoms with Gasteiger partial charge in [0, 0.05) is 5.56 Å². The standard InChI is InChI=1S/C17H19NO5S/c1-18(2,3)12-13-8-10-14(11-9-13)17(19)23-15-6-4-5-7-16(15)24(20,21)22/h4-11H,12H2,1-3H3. The van der Waals surface area contributed by atoms with Gasteiger partial charge in [-0.3, -0.25) is 0 Å². The molecule has 0 N–H and O–H groups in total. The van der Waals surface area contributed by atoms with Crippen LogP contribution in [0.3, 0.4) is 0 Å². The van der Waals surface area contributed by atoms with Gasteiger partial charge in [0.1, 0.15) is 22.4 Å². The van der Waals surface area contributed by atoms with Crippen molar-refractivity contribution < 1.29 is 27.0 Å². The number of carbonyl (C=O) groups excluding carboxylic acids is 1. The van der Waals surface area contributed by atoms with Crippen molar-refractivity contribution >= 4 is 16.1 Å². The lowest BCUT2D eigenvalue weighted by Gasteiger charge is -2.23. The summed E-state index contributed by atoms with van der Waals surface area (Å²) in [5.41, 5.74) is 1.33. The van der Waals surface area contributed by atoms with Crippen LogP contribution in [0, 0.1) is 0 Å². The monoisotopic (exact) mass is 349 g/mol. The Morgan fingerprint density at radius 2 is 1.62 bits per heavy atom. The Kier molecular flexibility index (Phi) is 5.08. The first-order valence-corrected chi connectivity index (χ1v) is 8.63. The molecule has 0 atom stereocenters. The third-order valence-corrected chi connectivity index (χ3v) is 4.04. The maximum absolute atomic E-state index is 12.2. The Labute approximate surface area is 141 Å². The van der Waals surface area contributed by atoms with E-state index >= 15 is 0 Å². The minimum Gasteiger partial charge on any atom is -0.744 e. The lowest BCUT2D eigenvalue weighted by atomic mass is 10.1. The maximum atomic E-state index is 12.2. The molecule has 0 heterocycles. The summed E-state index contributed by atoms with van der Waals surface area (Å²) in [4.78, 5) is 11.6. The zero-order valence-electron chi connectivity index (χ0n) is 13.7. The molecular formula is C17H19NO5S. The minimum atomic E-state index is -4.72. The molecule has 2 aromatic rings. The second kappa shape index (κ2) is 6.72. The van der Waals surface area contributed by atoms with Crippen molar-refractivity contribution in [1.29, 1.82) is 0 Å². The van der Waals surface area contributed by atoms with Crippen molar-refractivity contribution in [1.82, 2.24) is 0 Å². The van der Waals surface area contributed by atoms with Gasteiger partial charge in [0.2, 0.25) is 0 Å². The van der Waals surface area contributed by atoms with Crippen LogP contribution in [0.5, 0.6) is 5.75 Å². The van der Waals surface area contributed by atoms with Crippen molar-refractivity contribution in [2.24, 2.45) is 0 Å². The number of hydrogen-bond donors (Lipinski definition) is 0. The number of para-hydroxylation sites is 1. The average Bonchev–Trinajstić information content (AvgIpc) is 2.45. The summed E-state index contributed by atoms with van der Waals surface area (Å²) in [6.07, 6.45) is 0. The van der Waals surface area contributed by atoms with Gasteiger partial charge in [-0.15, -0.1) is 0 Å². The van der Waals surface area contributed by atoms with E-state index in [4.69, 9.17) is 4.74 Å². The first kappa shape index (κ1) is 18.1. The summed E-state index contributed by atoms with van der Waals surface area (Å²) in [7, 11) is 1.46. The molecule has 7 heteroatoms. The van der Waals surface area contributed by atoms with Crippen molar-refractivity contribution in [2.75, 3.05) is 21.1 Å². The molecule has 0 amide bonds. The quantitative estimate of drug-likeness (QED) is 0.357. The summed E-state index contributed by atoms with van der Waals surface area (Å²) in [5, 5.41) is 0. The fourth-order valence-corrected chi connectivity index (χ4v) is 2.80. The largest absolute Gasteiger partial charge is 0.744 e. The molecule has 6 nitrogen and oxygen atoms in total. The van der Waals surface area contributed by atoms with E-state index in [9.17, 15) is 17.8 Å². The molecule has 0 fully saturated rings. The minimum absolute atomic E-state index is 0.270. The Balaban J connectivity index is 2.20. The molecule has 0 saturated carbocycles. The lowest BCUT2D eigenvalue weighted by Crippen LogP contribution is -2.33. The Morgan fingerprint density at radius 1 is 1.04 bits per heavy atom. The first-order valence-electron chi connectivity index (χ1n) is 7.23. The molecule has 24 heavy (non-hydrogen) atoms. The molecule has 0 saturated heterocycles. The molecule has 0 aromatic heterocycles. The van der Waals surface area contributed by atoms with E-state index in [1.807, 2.05) is 12.1 Å². The SMILES string of the molecule is C[N+](C)(C)Cc1ccc(C(=O)Oc2ccccc2S(=O)(=O)[O-])cc1. The number of rotatable bonds is 5. The molecule has 0 spiro atoms. The predicted molar refractivity (Wildman–Crippen MR) is 87.5 cm³/mol. The summed E-state index contributed by atoms with van der Waals surface area (Å²) >= 11 is 0. The molecular weight excluding hydrogens is 330 g/mol. The number of benzene rings is 2. The summed E-state index contributed by atoms with van der Waals surface area (Å²) in [5.74, 6) is -0.990. The predicted octanol–water partition coefficient (Wildman–Crippen LogP) is 2.02. The van der Waals surface area contributed by atoms with Crippen LogP contribution in [-0.4, -0.2) is 44.6 Å². The Bertz CT molecular complexity index is 836. The topological polar surface area (TPSA) is 83.5 Å². The van der Waals surface area contributed by atoms with Gasteiger partial charge in [-0.1, -0.05) is 24.3 Å². The number of quaternary nitrogens is 1. The van der Waals surface area contributed by atoms with Crippen molar-refractivity contribution in [3.63, 3.8) is 0 Å². The van der Waals surface area contributed by atoms with Crippen molar-refractivity contribution in [2.45, 2.75) is 11.4 Å². The lowest BCUT2D eigenvalue weighted by molar-refractivity contribution is -0.884. The van der Waals surface area contributed by atoms with Crippen LogP contribution in [0.2, 0.25) is 0 Å². The summed E-state index contributed by atoms with van der Waals surface area (Å²) < 4.78 is 39.4. The van der Waals surface area contributed by atoms with E-state index < -0.39 is 21.0 Å². The van der Waals surface area contributed by atoms with Crippen LogP contribution in [0.25, 0.3) is 0 Å². The zero-order valence-corrected chi connectivity index (χ0v) is 14.5. The molecule has 0 aliphatic rings. The summed E-state index contributed by atoms with van der Waals surface area (Å²) in [6.45, 7) is 0.798. The van der Waals surface area contributed by atoms with Crippen molar-refractivity contribution in [3.8, 4) is 5.75 Å². The Morgan fingerprint density at radius 3 is 2.17 bits per heavy atom. The molecule has 2 rings (SSSR count). The van der Waals surface area contributed by atoms with Gasteiger partial charge >= 0.3 is 5.97 Å². The number of ether oxygens (including phenoxy) is 1. The van der Waals surface area contributed by atoms with Gasteiger partial charge in [0.15, 0.2) is 0 Å². The average molecular weight is 349 g/mol. The van der Waals surface area contributed by atoms with Crippen LogP contribution < -0.4 is 4.74 Å². The molecule has 0 bridgehead atoms. The van der Waals surface area contributed by atoms with E-state index in [0.717, 1.165) is 22.7 Å². The molecule has 2 aromatic carbocycles. The number of nitrogens with zero attached hydrogens (tertiary/aromatic N) is 1. The zero-order chi connectivity index (χ0) is 18.0. The van der Waals surface area contributed by atoms with Crippen LogP contribution in [0.4, 0.5) is 0 Å². The van der Waals surface area contributed by atoms with Gasteiger partial charge in [0.25, 0.3) is 0 Å². The van der Waals surface area contributed by atoms with E-state index in [1.165, 1.54) is 18.2 Å². The normalized spacial score (nSPS) is 12.0. The highest BCUT2D eigenvalue weighted by Crippen LogP contribution is 2.24. The van der Waals surface area contributed by atoms with E-state index in [0.29, 0.717) is 0 Å². The van der Waals surface area contributed by atoms with Gasteiger partial charge < -0.3 is 13.8 Å². The molecule has 0 aliphatic carbocycles. The number of carbonyl (C=O) groups is 1. The third-order valence-electron chi connectivity index (χ3n) is 3.17. The van der Waals surface area contributed by atoms with Crippen LogP contribution in [0.1, 0.15) is 15.9 Å². The van der Waals surface area contributed by atoms with Gasteiger partial charge in [-0.05, 0) is 24.3 Å². The molecule has 0 unspecified atom stereocenters. The smallest absolute Gasteiger partial charge is 0.343 e. The van der Waals surface area contributed by atoms with Crippen LogP contribution in [0.15, 0.2) is 53.4 Å². The van der Waals surface area contributed by atoms with Crippen molar-refractivity contribution in [3.05, 3.63) is 59.7 Å². The van der Waals surface area contributed by atoms with E-state index in [2.05, 4.69) is 21.1 Å². The summed E-state index contributed by atoms with van der Waals surface area (Å²) in [6, 6.07) is 12.1. The van der Waals surface area contributed by atoms with Gasteiger partial charge in [-0.2, -0.15) is 0 Å². The highest BCUT2D eigenvalue weighted by atomic mass is 32.2. The molecule has 0 aliphatic heterocycles. The number of esters is 1. The Hall–Kier alpha value is -2.22. The van der Waals surface area contributed by atoms with Crippen LogP contribution >= 0.6 is 0 Å². The molecule has 0 radical (unpaired) electrons.